The molecule has 2 aromatic rings. The number of nitrogens with zero attached hydrogens (tertiary/aromatic N) is 3. The summed E-state index contributed by atoms with van der Waals surface area (Å²) < 4.78 is 5.50. The van der Waals surface area contributed by atoms with E-state index in [1.807, 2.05) is 6.07 Å². The fourth-order valence-corrected chi connectivity index (χ4v) is 4.86. The van der Waals surface area contributed by atoms with Gasteiger partial charge in [0.05, 0.1) is 11.7 Å². The summed E-state index contributed by atoms with van der Waals surface area (Å²) in [5, 5.41) is 4.27. The van der Waals surface area contributed by atoms with Gasteiger partial charge in [-0.05, 0) is 24.3 Å². The Labute approximate surface area is 153 Å². The smallest absolute Gasteiger partial charge is 0.219 e. The van der Waals surface area contributed by atoms with E-state index >= 15 is 0 Å². The molecule has 1 amide bonds. The van der Waals surface area contributed by atoms with E-state index in [-0.39, 0.29) is 11.9 Å². The van der Waals surface area contributed by atoms with Crippen molar-refractivity contribution in [1.29, 1.82) is 0 Å². The van der Waals surface area contributed by atoms with Crippen molar-refractivity contribution in [2.24, 2.45) is 11.8 Å². The van der Waals surface area contributed by atoms with Gasteiger partial charge in [0.25, 0.3) is 0 Å². The van der Waals surface area contributed by atoms with E-state index in [0.717, 1.165) is 37.6 Å². The molecule has 1 aromatic heterocycles. The molecule has 0 N–H and O–H groups in total. The van der Waals surface area contributed by atoms with E-state index in [9.17, 15) is 4.79 Å². The van der Waals surface area contributed by atoms with Crippen LogP contribution in [0.3, 0.4) is 0 Å². The van der Waals surface area contributed by atoms with Gasteiger partial charge in [0.15, 0.2) is 0 Å². The van der Waals surface area contributed by atoms with E-state index in [4.69, 9.17) is 4.52 Å². The number of likely N-dealkylation sites (tertiary alicyclic amines) is 2. The Morgan fingerprint density at radius 3 is 2.73 bits per heavy atom. The SMILES string of the molecule is CC(=O)N1C[C@H]2CN(Cc3cc(C4CC4)on3)C[C@H]2[C@H]1c1ccccc1. The molecule has 0 unspecified atom stereocenters. The number of carbonyl (C=O) groups is 1. The monoisotopic (exact) mass is 351 g/mol. The summed E-state index contributed by atoms with van der Waals surface area (Å²) in [5.74, 6) is 2.89. The van der Waals surface area contributed by atoms with Gasteiger partial charge in [-0.25, -0.2) is 0 Å². The van der Waals surface area contributed by atoms with Crippen LogP contribution in [0.4, 0.5) is 0 Å². The lowest BCUT2D eigenvalue weighted by atomic mass is 9.89. The Kier molecular flexibility index (Phi) is 3.85. The van der Waals surface area contributed by atoms with Crippen LogP contribution in [0.25, 0.3) is 0 Å². The molecule has 1 saturated carbocycles. The summed E-state index contributed by atoms with van der Waals surface area (Å²) in [6.07, 6.45) is 2.48. The summed E-state index contributed by atoms with van der Waals surface area (Å²) >= 11 is 0. The van der Waals surface area contributed by atoms with Crippen LogP contribution >= 0.6 is 0 Å². The second-order valence-corrected chi connectivity index (χ2v) is 8.14. The molecular weight excluding hydrogens is 326 g/mol. The van der Waals surface area contributed by atoms with E-state index in [1.54, 1.807) is 6.92 Å². The van der Waals surface area contributed by atoms with Crippen molar-refractivity contribution in [2.45, 2.75) is 38.3 Å². The molecule has 5 rings (SSSR count). The number of aromatic nitrogens is 1. The predicted octanol–water partition coefficient (Wildman–Crippen LogP) is 3.20. The summed E-state index contributed by atoms with van der Waals surface area (Å²) in [6, 6.07) is 12.8. The zero-order chi connectivity index (χ0) is 17.7. The first-order valence-corrected chi connectivity index (χ1v) is 9.69. The largest absolute Gasteiger partial charge is 0.361 e. The molecule has 0 bridgehead atoms. The minimum absolute atomic E-state index is 0.186. The second kappa shape index (κ2) is 6.23. The van der Waals surface area contributed by atoms with Crippen molar-refractivity contribution in [3.05, 3.63) is 53.4 Å². The molecule has 1 aliphatic carbocycles. The van der Waals surface area contributed by atoms with Crippen LogP contribution in [0.15, 0.2) is 40.9 Å². The van der Waals surface area contributed by atoms with Gasteiger partial charge in [-0.3, -0.25) is 9.69 Å². The number of amides is 1. The molecule has 26 heavy (non-hydrogen) atoms. The highest BCUT2D eigenvalue weighted by Crippen LogP contribution is 2.45. The fourth-order valence-electron chi connectivity index (χ4n) is 4.86. The minimum Gasteiger partial charge on any atom is -0.361 e. The van der Waals surface area contributed by atoms with E-state index in [2.05, 4.69) is 45.3 Å². The molecule has 2 saturated heterocycles. The number of carbonyl (C=O) groups excluding carboxylic acids is 1. The lowest BCUT2D eigenvalue weighted by Gasteiger charge is -2.29. The number of rotatable bonds is 4. The van der Waals surface area contributed by atoms with Crippen LogP contribution in [-0.2, 0) is 11.3 Å². The average Bonchev–Trinajstić information content (AvgIpc) is 3.09. The third-order valence-electron chi connectivity index (χ3n) is 6.23. The third kappa shape index (κ3) is 2.84. The Balaban J connectivity index is 1.32. The maximum absolute atomic E-state index is 12.2. The summed E-state index contributed by atoms with van der Waals surface area (Å²) in [6.45, 7) is 5.46. The Bertz CT molecular complexity index is 799. The molecular formula is C21H25N3O2. The summed E-state index contributed by atoms with van der Waals surface area (Å²) in [7, 11) is 0. The van der Waals surface area contributed by atoms with Gasteiger partial charge >= 0.3 is 0 Å². The summed E-state index contributed by atoms with van der Waals surface area (Å²) in [5.41, 5.74) is 2.31. The van der Waals surface area contributed by atoms with E-state index < -0.39 is 0 Å². The van der Waals surface area contributed by atoms with Gasteiger partial charge in [0, 0.05) is 51.0 Å². The first-order chi connectivity index (χ1) is 12.7. The van der Waals surface area contributed by atoms with Crippen LogP contribution in [0.1, 0.15) is 48.7 Å². The van der Waals surface area contributed by atoms with Crippen LogP contribution in [0.5, 0.6) is 0 Å². The average molecular weight is 351 g/mol. The van der Waals surface area contributed by atoms with Gasteiger partial charge in [-0.1, -0.05) is 35.5 Å². The number of fused-ring (bicyclic) bond motifs is 1. The molecule has 3 fully saturated rings. The lowest BCUT2D eigenvalue weighted by Crippen LogP contribution is -2.34. The van der Waals surface area contributed by atoms with Gasteiger partial charge in [0.2, 0.25) is 5.91 Å². The second-order valence-electron chi connectivity index (χ2n) is 8.14. The minimum atomic E-state index is 0.186. The highest BCUT2D eigenvalue weighted by Gasteiger charge is 2.48. The maximum Gasteiger partial charge on any atom is 0.219 e. The molecule has 3 heterocycles. The first-order valence-electron chi connectivity index (χ1n) is 9.69. The number of benzene rings is 1. The van der Waals surface area contributed by atoms with E-state index in [0.29, 0.717) is 17.8 Å². The molecule has 5 nitrogen and oxygen atoms in total. The van der Waals surface area contributed by atoms with Crippen LogP contribution < -0.4 is 0 Å². The number of hydrogen-bond donors (Lipinski definition) is 0. The van der Waals surface area contributed by atoms with Gasteiger partial charge in [-0.15, -0.1) is 0 Å². The predicted molar refractivity (Wildman–Crippen MR) is 97.3 cm³/mol. The Hall–Kier alpha value is -2.14. The van der Waals surface area contributed by atoms with Gasteiger partial charge in [0.1, 0.15) is 5.76 Å². The Morgan fingerprint density at radius 1 is 1.19 bits per heavy atom. The third-order valence-corrected chi connectivity index (χ3v) is 6.23. The van der Waals surface area contributed by atoms with Crippen molar-refractivity contribution in [2.75, 3.05) is 19.6 Å². The highest BCUT2D eigenvalue weighted by molar-refractivity contribution is 5.74. The Morgan fingerprint density at radius 2 is 2.00 bits per heavy atom. The molecule has 0 spiro atoms. The van der Waals surface area contributed by atoms with Crippen LogP contribution in [0, 0.1) is 11.8 Å². The standard InChI is InChI=1S/C21H25N3O2/c1-14(25)24-11-17-10-23(12-18-9-20(26-22-18)15-7-8-15)13-19(17)21(24)16-5-3-2-4-6-16/h2-6,9,15,17,19,21H,7-8,10-13H2,1H3/t17-,19-,21-/m1/s1. The fraction of sp³-hybridized carbons (Fsp3) is 0.524. The molecule has 1 aromatic carbocycles. The quantitative estimate of drug-likeness (QED) is 0.849. The molecule has 5 heteroatoms. The topological polar surface area (TPSA) is 49.6 Å². The lowest BCUT2D eigenvalue weighted by molar-refractivity contribution is -0.130. The molecule has 0 radical (unpaired) electrons. The van der Waals surface area contributed by atoms with Crippen molar-refractivity contribution in [3.63, 3.8) is 0 Å². The molecule has 136 valence electrons. The highest BCUT2D eigenvalue weighted by atomic mass is 16.5. The normalized spacial score (nSPS) is 28.5. The molecule has 3 aliphatic rings. The summed E-state index contributed by atoms with van der Waals surface area (Å²) in [4.78, 5) is 16.8. The van der Waals surface area contributed by atoms with Crippen molar-refractivity contribution >= 4 is 5.91 Å². The van der Waals surface area contributed by atoms with Crippen LogP contribution in [-0.4, -0.2) is 40.5 Å². The van der Waals surface area contributed by atoms with Crippen molar-refractivity contribution in [1.82, 2.24) is 15.0 Å². The van der Waals surface area contributed by atoms with Crippen molar-refractivity contribution < 1.29 is 9.32 Å². The number of hydrogen-bond acceptors (Lipinski definition) is 4. The van der Waals surface area contributed by atoms with Gasteiger partial charge in [-0.2, -0.15) is 0 Å². The molecule has 2 aliphatic heterocycles. The van der Waals surface area contributed by atoms with Crippen LogP contribution in [0.2, 0.25) is 0 Å². The molecule has 3 atom stereocenters. The van der Waals surface area contributed by atoms with Crippen molar-refractivity contribution in [3.8, 4) is 0 Å². The zero-order valence-corrected chi connectivity index (χ0v) is 15.2. The zero-order valence-electron chi connectivity index (χ0n) is 15.2. The maximum atomic E-state index is 12.2. The van der Waals surface area contributed by atoms with E-state index in [1.165, 1.54) is 18.4 Å². The first kappa shape index (κ1) is 16.1. The van der Waals surface area contributed by atoms with Gasteiger partial charge < -0.3 is 9.42 Å².